The molecule has 0 aromatic heterocycles. The molecule has 0 spiro atoms. The molecular weight excluding hydrogens is 226 g/mol. The van der Waals surface area contributed by atoms with Gasteiger partial charge in [0.05, 0.1) is 0 Å². The number of nitrogens with one attached hydrogen (secondary N) is 1. The smallest absolute Gasteiger partial charge is 0.0142 e. The van der Waals surface area contributed by atoms with Crippen molar-refractivity contribution >= 4 is 18.5 Å². The van der Waals surface area contributed by atoms with Gasteiger partial charge in [0.25, 0.3) is 0 Å². The Morgan fingerprint density at radius 1 is 1.12 bits per heavy atom. The van der Waals surface area contributed by atoms with E-state index >= 15 is 0 Å². The molecule has 0 radical (unpaired) electrons. The number of hydrogen-bond donors (Lipinski definition) is 1. The summed E-state index contributed by atoms with van der Waals surface area (Å²) in [6.45, 7) is 16.1. The highest BCUT2D eigenvalue weighted by Crippen LogP contribution is 1.93. The number of allylic oxidation sites excluding steroid dienone is 6. The molecule has 0 rings (SSSR count). The summed E-state index contributed by atoms with van der Waals surface area (Å²) >= 11 is 1.62. The maximum atomic E-state index is 5.50. The molecule has 17 heavy (non-hydrogen) atoms. The van der Waals surface area contributed by atoms with Gasteiger partial charge in [0.15, 0.2) is 0 Å². The number of thioether (sulfide) groups is 1. The average Bonchev–Trinajstić information content (AvgIpc) is 2.41. The fourth-order valence-electron chi connectivity index (χ4n) is 0.566. The first-order chi connectivity index (χ1) is 8.22. The Hall–Kier alpha value is -1.02. The molecule has 0 fully saturated rings. The molecule has 0 saturated heterocycles. The Bertz CT molecular complexity index is 203. The van der Waals surface area contributed by atoms with Crippen molar-refractivity contribution < 1.29 is 0 Å². The van der Waals surface area contributed by atoms with E-state index in [9.17, 15) is 0 Å². The second-order valence-electron chi connectivity index (χ2n) is 2.34. The largest absolute Gasteiger partial charge is 0.317 e. The zero-order valence-electron chi connectivity index (χ0n) is 12.3. The summed E-state index contributed by atoms with van der Waals surface area (Å²) in [4.78, 5) is 0. The molecule has 0 unspecified atom stereocenters. The van der Waals surface area contributed by atoms with Crippen molar-refractivity contribution in [2.24, 2.45) is 0 Å². The second kappa shape index (κ2) is 36.3. The fraction of sp³-hybridized carbons (Fsp3) is 0.400. The minimum absolute atomic E-state index is 1.29. The Morgan fingerprint density at radius 2 is 1.53 bits per heavy atom. The first kappa shape index (κ1) is 25.0. The fourth-order valence-corrected chi connectivity index (χ4v) is 0.566. The summed E-state index contributed by atoms with van der Waals surface area (Å²) in [5, 5.41) is 7.29. The van der Waals surface area contributed by atoms with Crippen LogP contribution < -0.4 is 0 Å². The van der Waals surface area contributed by atoms with Crippen LogP contribution in [0.1, 0.15) is 34.6 Å². The lowest BCUT2D eigenvalue weighted by Gasteiger charge is -1.83. The van der Waals surface area contributed by atoms with Gasteiger partial charge in [0, 0.05) is 0 Å². The van der Waals surface area contributed by atoms with Gasteiger partial charge in [-0.3, -0.25) is 0 Å². The molecule has 100 valence electrons. The van der Waals surface area contributed by atoms with E-state index in [1.165, 1.54) is 5.57 Å². The SMILES string of the molecule is C=CSC.C=N.CC.C\C=C/C=C(C)\C=C/C. The zero-order chi connectivity index (χ0) is 14.5. The Kier molecular flexibility index (Phi) is 53.4. The molecular formula is C15H29NS. The molecule has 0 amide bonds. The van der Waals surface area contributed by atoms with Crippen LogP contribution in [0.3, 0.4) is 0 Å². The predicted molar refractivity (Wildman–Crippen MR) is 88.3 cm³/mol. The Balaban J connectivity index is -0.0000000887. The first-order valence-electron chi connectivity index (χ1n) is 5.64. The zero-order valence-corrected chi connectivity index (χ0v) is 13.1. The van der Waals surface area contributed by atoms with Gasteiger partial charge in [-0.25, -0.2) is 0 Å². The summed E-state index contributed by atoms with van der Waals surface area (Å²) < 4.78 is 0. The molecule has 0 aliphatic carbocycles. The van der Waals surface area contributed by atoms with Gasteiger partial charge in [-0.2, -0.15) is 0 Å². The Labute approximate surface area is 113 Å². The van der Waals surface area contributed by atoms with Gasteiger partial charge >= 0.3 is 0 Å². The van der Waals surface area contributed by atoms with Crippen molar-refractivity contribution in [3.63, 3.8) is 0 Å². The van der Waals surface area contributed by atoms with Crippen LogP contribution in [-0.2, 0) is 0 Å². The average molecular weight is 255 g/mol. The molecule has 0 saturated carbocycles. The third kappa shape index (κ3) is 51.8. The van der Waals surface area contributed by atoms with E-state index < -0.39 is 0 Å². The highest BCUT2D eigenvalue weighted by molar-refractivity contribution is 8.01. The van der Waals surface area contributed by atoms with Crippen molar-refractivity contribution in [2.45, 2.75) is 34.6 Å². The van der Waals surface area contributed by atoms with Crippen LogP contribution in [-0.4, -0.2) is 13.0 Å². The van der Waals surface area contributed by atoms with E-state index in [4.69, 9.17) is 5.41 Å². The van der Waals surface area contributed by atoms with Gasteiger partial charge in [0.1, 0.15) is 0 Å². The van der Waals surface area contributed by atoms with Crippen LogP contribution in [0.25, 0.3) is 0 Å². The summed E-state index contributed by atoms with van der Waals surface area (Å²) in [5.41, 5.74) is 1.29. The summed E-state index contributed by atoms with van der Waals surface area (Å²) in [6.07, 6.45) is 12.2. The molecule has 0 atom stereocenters. The third-order valence-corrected chi connectivity index (χ3v) is 1.48. The molecule has 1 nitrogen and oxygen atoms in total. The third-order valence-electron chi connectivity index (χ3n) is 1.15. The molecule has 0 bridgehead atoms. The standard InChI is InChI=1S/C9H14.C3H6S.C2H6.CH3N/c1-4-6-8-9(3)7-5-2;1-3-4-2;2*1-2/h4-8H,1-3H3;3H,1H2,2H3;1-2H3;2H,1H2/b6-4-,7-5-,9-8-;;;. The molecule has 2 heteroatoms. The van der Waals surface area contributed by atoms with E-state index in [0.717, 1.165) is 0 Å². The minimum Gasteiger partial charge on any atom is -0.317 e. The monoisotopic (exact) mass is 255 g/mol. The summed E-state index contributed by atoms with van der Waals surface area (Å²) in [6, 6.07) is 0. The highest BCUT2D eigenvalue weighted by atomic mass is 32.2. The normalized spacial score (nSPS) is 9.41. The highest BCUT2D eigenvalue weighted by Gasteiger charge is 1.72. The second-order valence-corrected chi connectivity index (χ2v) is 3.14. The molecule has 0 aromatic carbocycles. The molecule has 0 aliphatic rings. The van der Waals surface area contributed by atoms with Crippen LogP contribution >= 0.6 is 11.8 Å². The maximum Gasteiger partial charge on any atom is -0.0142 e. The predicted octanol–water partition coefficient (Wildman–Crippen LogP) is 5.87. The van der Waals surface area contributed by atoms with E-state index in [0.29, 0.717) is 0 Å². The van der Waals surface area contributed by atoms with E-state index in [1.54, 1.807) is 17.2 Å². The van der Waals surface area contributed by atoms with E-state index in [1.807, 2.05) is 52.2 Å². The van der Waals surface area contributed by atoms with Gasteiger partial charge in [-0.1, -0.05) is 56.4 Å². The van der Waals surface area contributed by atoms with Crippen molar-refractivity contribution in [2.75, 3.05) is 6.26 Å². The lowest BCUT2D eigenvalue weighted by Crippen LogP contribution is -1.62. The quantitative estimate of drug-likeness (QED) is 0.495. The van der Waals surface area contributed by atoms with Gasteiger partial charge < -0.3 is 5.41 Å². The lowest BCUT2D eigenvalue weighted by atomic mass is 10.2. The van der Waals surface area contributed by atoms with Crippen LogP contribution in [0.5, 0.6) is 0 Å². The first-order valence-corrected chi connectivity index (χ1v) is 6.93. The topological polar surface area (TPSA) is 23.9 Å². The van der Waals surface area contributed by atoms with Crippen molar-refractivity contribution in [1.82, 2.24) is 0 Å². The van der Waals surface area contributed by atoms with Crippen LogP contribution in [0.15, 0.2) is 47.9 Å². The molecule has 0 aliphatic heterocycles. The molecule has 0 heterocycles. The van der Waals surface area contributed by atoms with Gasteiger partial charge in [-0.05, 0) is 39.2 Å². The lowest BCUT2D eigenvalue weighted by molar-refractivity contribution is 1.50. The van der Waals surface area contributed by atoms with Gasteiger partial charge in [-0.15, -0.1) is 11.8 Å². The van der Waals surface area contributed by atoms with Crippen molar-refractivity contribution in [3.8, 4) is 0 Å². The van der Waals surface area contributed by atoms with Crippen LogP contribution in [0, 0.1) is 5.41 Å². The summed E-state index contributed by atoms with van der Waals surface area (Å²) in [5.74, 6) is 0. The van der Waals surface area contributed by atoms with Crippen molar-refractivity contribution in [1.29, 1.82) is 5.41 Å². The number of hydrogen-bond acceptors (Lipinski definition) is 2. The summed E-state index contributed by atoms with van der Waals surface area (Å²) in [7, 11) is 0. The molecule has 0 aromatic rings. The van der Waals surface area contributed by atoms with Gasteiger partial charge in [0.2, 0.25) is 0 Å². The van der Waals surface area contributed by atoms with E-state index in [2.05, 4.69) is 32.4 Å². The molecule has 1 N–H and O–H groups in total. The minimum atomic E-state index is 1.29. The van der Waals surface area contributed by atoms with E-state index in [-0.39, 0.29) is 0 Å². The Morgan fingerprint density at radius 3 is 1.76 bits per heavy atom. The van der Waals surface area contributed by atoms with Crippen molar-refractivity contribution in [3.05, 3.63) is 47.9 Å². The maximum absolute atomic E-state index is 5.50. The number of rotatable bonds is 3. The van der Waals surface area contributed by atoms with Crippen LogP contribution in [0.4, 0.5) is 0 Å². The van der Waals surface area contributed by atoms with Crippen LogP contribution in [0.2, 0.25) is 0 Å².